The molecule has 0 aromatic carbocycles. The minimum atomic E-state index is -2.36. The van der Waals surface area contributed by atoms with Crippen LogP contribution in [0.25, 0.3) is 46.8 Å². The Morgan fingerprint density at radius 3 is 1.25 bits per heavy atom. The van der Waals surface area contributed by atoms with Gasteiger partial charge in [-0.3, -0.25) is 33.5 Å². The maximum Gasteiger partial charge on any atom is 0.276 e. The molecule has 0 saturated heterocycles. The molecule has 0 aliphatic carbocycles. The van der Waals surface area contributed by atoms with Gasteiger partial charge in [-0.2, -0.15) is 40.8 Å². The number of nitrogens with one attached hydrogen (secondary N) is 1. The molecule has 0 unspecified atom stereocenters. The van der Waals surface area contributed by atoms with E-state index in [0.29, 0.717) is 49.7 Å². The molecule has 15 heterocycles. The van der Waals surface area contributed by atoms with Gasteiger partial charge in [0.2, 0.25) is 0 Å². The summed E-state index contributed by atoms with van der Waals surface area (Å²) < 4.78 is 37.4. The quantitative estimate of drug-likeness (QED) is 0.0241. The van der Waals surface area contributed by atoms with Crippen LogP contribution in [0.5, 0.6) is 0 Å². The number of hydrogen-bond acceptors (Lipinski definition) is 17. The molecule has 26 nitrogen and oxygen atoms in total. The zero-order valence-corrected chi connectivity index (χ0v) is 74.9. The molecule has 0 fully saturated rings. The van der Waals surface area contributed by atoms with Crippen LogP contribution in [0.15, 0.2) is 125 Å². The van der Waals surface area contributed by atoms with Gasteiger partial charge in [0, 0.05) is 152 Å². The SMILES string of the molecule is CCC[CH2][Sn]([CH2]CCC)([CH2]CCC)[c]1ccn(COCC[Si](C)(C)C)n1.Cc1c2c(=O)n(Cc3ccn(C)n3)ncc2c2sc(CCl)cn12.Cc1c2c(=O)n(Cc3ccn(C)n3)ncc2c2sc(Cc3ccn(COCC[Si](C)(C)C)n3)cn12.Cc1c2c(=O)n(Cc3ccn(C)n3)ncc2c2sc(Cc3ccn[nH]3)cn12. The van der Waals surface area contributed by atoms with Crippen molar-refractivity contribution in [2.45, 2.75) is 197 Å². The number of hydrogen-bond donors (Lipinski definition) is 1. The van der Waals surface area contributed by atoms with E-state index in [1.807, 2.05) is 112 Å². The first kappa shape index (κ1) is 82.3. The van der Waals surface area contributed by atoms with Crippen LogP contribution < -0.4 is 20.4 Å². The van der Waals surface area contributed by atoms with Crippen molar-refractivity contribution in [1.82, 2.24) is 102 Å². The third kappa shape index (κ3) is 19.9. The Balaban J connectivity index is 0.000000139. The van der Waals surface area contributed by atoms with Crippen LogP contribution in [0.3, 0.4) is 0 Å². The average Bonchev–Trinajstić information content (AvgIpc) is 1.60. The zero-order chi connectivity index (χ0) is 78.9. The summed E-state index contributed by atoms with van der Waals surface area (Å²) in [6.07, 6.45) is 32.7. The smallest absolute Gasteiger partial charge is 0.276 e. The van der Waals surface area contributed by atoms with Gasteiger partial charge in [0.25, 0.3) is 16.7 Å². The molecule has 15 rings (SSSR count). The molecule has 0 saturated carbocycles. The predicted octanol–water partition coefficient (Wildman–Crippen LogP) is 14.8. The first-order valence-corrected chi connectivity index (χ1v) is 56.3. The molecule has 590 valence electrons. The molecule has 0 aliphatic heterocycles. The van der Waals surface area contributed by atoms with Crippen molar-refractivity contribution in [3.05, 3.63) is 202 Å². The first-order valence-electron chi connectivity index (χ1n) is 38.4. The van der Waals surface area contributed by atoms with E-state index in [1.165, 1.54) is 85.4 Å². The van der Waals surface area contributed by atoms with Crippen molar-refractivity contribution in [1.29, 1.82) is 0 Å². The van der Waals surface area contributed by atoms with Crippen molar-refractivity contribution in [3.63, 3.8) is 0 Å². The van der Waals surface area contributed by atoms with E-state index < -0.39 is 34.5 Å². The second kappa shape index (κ2) is 36.3. The van der Waals surface area contributed by atoms with E-state index in [2.05, 4.69) is 144 Å². The fraction of sp³-hybridized carbons (Fsp3) is 0.462. The molecule has 33 heteroatoms. The Labute approximate surface area is 669 Å². The Kier molecular flexibility index (Phi) is 26.9. The van der Waals surface area contributed by atoms with Crippen LogP contribution in [-0.2, 0) is 82.4 Å². The Morgan fingerprint density at radius 1 is 0.486 bits per heavy atom. The van der Waals surface area contributed by atoms with Gasteiger partial charge < -0.3 is 17.9 Å². The minimum absolute atomic E-state index is 0.0818. The third-order valence-corrected chi connectivity index (χ3v) is 42.5. The number of unbranched alkanes of at least 4 members (excludes halogenated alkanes) is 3. The third-order valence-electron chi connectivity index (χ3n) is 20.1. The van der Waals surface area contributed by atoms with Crippen LogP contribution in [0.4, 0.5) is 0 Å². The maximum absolute atomic E-state index is 13.2. The molecule has 0 radical (unpaired) electrons. The van der Waals surface area contributed by atoms with E-state index in [4.69, 9.17) is 26.2 Å². The molecule has 111 heavy (non-hydrogen) atoms. The van der Waals surface area contributed by atoms with Gasteiger partial charge in [0.15, 0.2) is 0 Å². The van der Waals surface area contributed by atoms with Gasteiger partial charge >= 0.3 is 169 Å². The van der Waals surface area contributed by atoms with Crippen LogP contribution in [-0.4, -0.2) is 149 Å². The average molecular weight is 1720 g/mol. The van der Waals surface area contributed by atoms with Gasteiger partial charge in [0.05, 0.1) is 83.0 Å². The number of halogens is 1. The summed E-state index contributed by atoms with van der Waals surface area (Å²) in [5, 5.41) is 47.7. The van der Waals surface area contributed by atoms with E-state index in [9.17, 15) is 14.4 Å². The van der Waals surface area contributed by atoms with Crippen molar-refractivity contribution in [2.24, 2.45) is 21.1 Å². The molecule has 15 aromatic rings. The summed E-state index contributed by atoms with van der Waals surface area (Å²) in [7, 11) is 3.48. The largest absolute Gasteiger partial charge is 0.360 e. The number of aromatic nitrogens is 21. The summed E-state index contributed by atoms with van der Waals surface area (Å²) >= 11 is 8.51. The topological polar surface area (TPSA) is 254 Å². The number of rotatable bonds is 31. The van der Waals surface area contributed by atoms with Crippen molar-refractivity contribution in [2.75, 3.05) is 13.2 Å². The monoisotopic (exact) mass is 1720 g/mol. The zero-order valence-electron chi connectivity index (χ0n) is 66.8. The molecule has 0 bridgehead atoms. The molecular weight excluding hydrogens is 1620 g/mol. The summed E-state index contributed by atoms with van der Waals surface area (Å²) in [5.74, 6) is 0.470. The van der Waals surface area contributed by atoms with Crippen molar-refractivity contribution in [3.8, 4) is 0 Å². The molecular formula is C78H106ClN21O5S3Si2Sn. The Morgan fingerprint density at radius 2 is 0.874 bits per heavy atom. The Hall–Kier alpha value is -8.16. The Bertz CT molecular complexity index is 5780. The number of H-pyrrole nitrogens is 1. The summed E-state index contributed by atoms with van der Waals surface area (Å²) in [6, 6.07) is 14.4. The second-order valence-electron chi connectivity index (χ2n) is 31.4. The van der Waals surface area contributed by atoms with Gasteiger partial charge in [0.1, 0.15) is 21.2 Å². The van der Waals surface area contributed by atoms with Gasteiger partial charge in [-0.1, -0.05) is 19.6 Å². The summed E-state index contributed by atoms with van der Waals surface area (Å²) in [4.78, 5) is 45.6. The van der Waals surface area contributed by atoms with Crippen LogP contribution in [0.2, 0.25) is 64.7 Å². The number of aromatic amines is 1. The normalized spacial score (nSPS) is 12.2. The molecule has 0 aliphatic rings. The number of thiazole rings is 3. The number of ether oxygens (including phenoxy) is 2. The number of alkyl halides is 1. The van der Waals surface area contributed by atoms with Crippen LogP contribution >= 0.6 is 45.6 Å². The predicted molar refractivity (Wildman–Crippen MR) is 457 cm³/mol. The fourth-order valence-corrected chi connectivity index (χ4v) is 34.4. The maximum atomic E-state index is 13.2. The number of aryl methyl sites for hydroxylation is 6. The molecule has 0 amide bonds. The van der Waals surface area contributed by atoms with Crippen molar-refractivity contribution < 1.29 is 9.47 Å². The molecule has 0 atom stereocenters. The first-order chi connectivity index (χ1) is 53.2. The van der Waals surface area contributed by atoms with E-state index >= 15 is 0 Å². The fourth-order valence-electron chi connectivity index (χ4n) is 14.0. The summed E-state index contributed by atoms with van der Waals surface area (Å²) in [6.45, 7) is 31.0. The summed E-state index contributed by atoms with van der Waals surface area (Å²) in [5.41, 5.74) is 7.03. The van der Waals surface area contributed by atoms with E-state index in [0.717, 1.165) is 119 Å². The van der Waals surface area contributed by atoms with Gasteiger partial charge in [-0.05, 0) is 57.1 Å². The molecule has 0 spiro atoms. The number of fused-ring (bicyclic) bond motifs is 9. The van der Waals surface area contributed by atoms with E-state index in [1.54, 1.807) is 72.8 Å². The van der Waals surface area contributed by atoms with Crippen LogP contribution in [0.1, 0.15) is 119 Å². The number of nitrogens with zero attached hydrogens (tertiary/aromatic N) is 20. The second-order valence-corrected chi connectivity index (χ2v) is 59.4. The molecule has 1 N–H and O–H groups in total. The van der Waals surface area contributed by atoms with Crippen LogP contribution in [0, 0.1) is 20.8 Å². The van der Waals surface area contributed by atoms with E-state index in [-0.39, 0.29) is 16.7 Å². The standard InChI is InChI=1S/C24H31N7O2SSi.C18H17N7OS.C15H14ClN5OS.C9H17N2OSi.3C4H9.Sn/c1-17-22-21(13-25-31(23(22)32)14-19-6-8-28(2)26-19)24-30(17)15-20(34-24)12-18-7-9-29(27-18)16-33-10-11-35(3,4)5;1-11-16-15(8-20-25(17(16)26)9-13-4-6-23(2)22-13)18-24(11)10-14(27-18)7-12-3-5-19-21-12;1-9-13-12(15-20(9)8-11(5-16)23-15)6-17-21(14(13)22)7-10-3-4-19(2)18-10;1-13(2,3)8-7-12-9-11-6-4-5-10-11;3*1-3-4-2;/h6-9,13,15H,10-12,14,16H2,1-5H3;3-6,8,10H,7,9H2,1-2H3,(H,19,21);3-4,6,8H,5,7H2,1-2H3;4,6H,7-9H2,1-3H3;3*1,3-4H2,2H3;. The minimum Gasteiger partial charge on any atom is -0.360 e. The van der Waals surface area contributed by atoms with Gasteiger partial charge in [-0.25, -0.2) is 18.7 Å². The molecule has 15 aromatic heterocycles. The van der Waals surface area contributed by atoms with Crippen molar-refractivity contribution >= 4 is 131 Å². The van der Waals surface area contributed by atoms with Gasteiger partial charge in [-0.15, -0.1) is 45.6 Å².